The van der Waals surface area contributed by atoms with Crippen LogP contribution in [0, 0.1) is 5.92 Å². The first-order chi connectivity index (χ1) is 16.9. The molecular formula is C25H25F6N3O2. The van der Waals surface area contributed by atoms with E-state index in [4.69, 9.17) is 0 Å². The molecule has 0 saturated carbocycles. The summed E-state index contributed by atoms with van der Waals surface area (Å²) in [4.78, 5) is 27.6. The maximum atomic E-state index is 13.6. The lowest BCUT2D eigenvalue weighted by atomic mass is 9.78. The topological polar surface area (TPSA) is 61.4 Å². The van der Waals surface area contributed by atoms with Gasteiger partial charge in [-0.1, -0.05) is 18.2 Å². The van der Waals surface area contributed by atoms with Crippen LogP contribution in [0.4, 0.5) is 26.3 Å². The standard InChI is InChI=1S/C25H25F6N3O2/c1-34-21(15-10-16(24(26,27)28)12-17(11-15)25(29,30)31)20(18-4-2-3-5-19(18)23(34)36)22(35)33-13-14-6-8-32-9-7-14/h2-5,10-12,14,20-21,32H,6-9,13H2,1H3,(H,33,35). The Balaban J connectivity index is 1.80. The lowest BCUT2D eigenvalue weighted by Crippen LogP contribution is -2.47. The van der Waals surface area contributed by atoms with Gasteiger partial charge in [0.05, 0.1) is 23.1 Å². The van der Waals surface area contributed by atoms with Gasteiger partial charge in [-0.25, -0.2) is 0 Å². The highest BCUT2D eigenvalue weighted by atomic mass is 19.4. The van der Waals surface area contributed by atoms with Gasteiger partial charge in [-0.05, 0) is 67.2 Å². The number of piperidine rings is 1. The van der Waals surface area contributed by atoms with Gasteiger partial charge >= 0.3 is 12.4 Å². The number of hydrogen-bond donors (Lipinski definition) is 2. The van der Waals surface area contributed by atoms with Gasteiger partial charge in [0.2, 0.25) is 5.91 Å². The summed E-state index contributed by atoms with van der Waals surface area (Å²) in [6, 6.07) is 6.01. The highest BCUT2D eigenvalue weighted by Gasteiger charge is 2.45. The van der Waals surface area contributed by atoms with Crippen LogP contribution >= 0.6 is 0 Å². The van der Waals surface area contributed by atoms with Gasteiger partial charge in [-0.2, -0.15) is 26.3 Å². The van der Waals surface area contributed by atoms with Crippen LogP contribution in [0.25, 0.3) is 0 Å². The third-order valence-corrected chi connectivity index (χ3v) is 6.84. The molecule has 0 radical (unpaired) electrons. The number of benzene rings is 2. The number of carbonyl (C=O) groups excluding carboxylic acids is 2. The molecule has 2 N–H and O–H groups in total. The molecule has 11 heteroatoms. The highest BCUT2D eigenvalue weighted by molar-refractivity contribution is 6.01. The van der Waals surface area contributed by atoms with Gasteiger partial charge in [-0.3, -0.25) is 9.59 Å². The lowest BCUT2D eigenvalue weighted by molar-refractivity contribution is -0.143. The van der Waals surface area contributed by atoms with Crippen molar-refractivity contribution in [2.45, 2.75) is 37.2 Å². The van der Waals surface area contributed by atoms with Crippen molar-refractivity contribution in [2.24, 2.45) is 5.92 Å². The Labute approximate surface area is 203 Å². The predicted molar refractivity (Wildman–Crippen MR) is 119 cm³/mol. The monoisotopic (exact) mass is 513 g/mol. The first kappa shape index (κ1) is 26.0. The fourth-order valence-corrected chi connectivity index (χ4v) is 4.96. The molecule has 2 aromatic carbocycles. The molecule has 4 rings (SSSR count). The second-order valence-corrected chi connectivity index (χ2v) is 9.20. The minimum absolute atomic E-state index is 0.0360. The largest absolute Gasteiger partial charge is 0.416 e. The molecule has 2 aliphatic heterocycles. The summed E-state index contributed by atoms with van der Waals surface area (Å²) in [7, 11) is 1.28. The quantitative estimate of drug-likeness (QED) is 0.581. The van der Waals surface area contributed by atoms with Gasteiger partial charge in [0, 0.05) is 19.2 Å². The van der Waals surface area contributed by atoms with Crippen LogP contribution in [0.15, 0.2) is 42.5 Å². The Kier molecular flexibility index (Phi) is 7.05. The Morgan fingerprint density at radius 1 is 1.00 bits per heavy atom. The summed E-state index contributed by atoms with van der Waals surface area (Å²) in [5, 5.41) is 6.05. The Bertz CT molecular complexity index is 1110. The molecule has 2 amide bonds. The Morgan fingerprint density at radius 2 is 1.58 bits per heavy atom. The molecule has 36 heavy (non-hydrogen) atoms. The molecule has 2 aliphatic rings. The van der Waals surface area contributed by atoms with Gasteiger partial charge < -0.3 is 15.5 Å². The number of carbonyl (C=O) groups is 2. The van der Waals surface area contributed by atoms with Crippen LogP contribution in [0.2, 0.25) is 0 Å². The van der Waals surface area contributed by atoms with E-state index in [1.165, 1.54) is 19.2 Å². The molecule has 2 aromatic rings. The molecule has 194 valence electrons. The first-order valence-corrected chi connectivity index (χ1v) is 11.5. The third kappa shape index (κ3) is 5.21. The maximum Gasteiger partial charge on any atom is 0.416 e. The second-order valence-electron chi connectivity index (χ2n) is 9.20. The molecule has 0 aromatic heterocycles. The summed E-state index contributed by atoms with van der Waals surface area (Å²) in [5.41, 5.74) is -2.97. The van der Waals surface area contributed by atoms with E-state index in [-0.39, 0.29) is 23.1 Å². The molecule has 2 unspecified atom stereocenters. The molecule has 2 heterocycles. The average molecular weight is 513 g/mol. The van der Waals surface area contributed by atoms with E-state index in [1.54, 1.807) is 12.1 Å². The molecule has 2 atom stereocenters. The number of nitrogens with zero attached hydrogens (tertiary/aromatic N) is 1. The normalized spacial score (nSPS) is 21.3. The second kappa shape index (κ2) is 9.76. The van der Waals surface area contributed by atoms with E-state index in [0.29, 0.717) is 18.7 Å². The van der Waals surface area contributed by atoms with Gasteiger partial charge in [-0.15, -0.1) is 0 Å². The van der Waals surface area contributed by atoms with Crippen LogP contribution in [-0.2, 0) is 17.1 Å². The SMILES string of the molecule is CN1C(=O)c2ccccc2C(C(=O)NCC2CCNCC2)C1c1cc(C(F)(F)F)cc(C(F)(F)F)c1. The van der Waals surface area contributed by atoms with Crippen molar-refractivity contribution in [1.82, 2.24) is 15.5 Å². The van der Waals surface area contributed by atoms with Crippen molar-refractivity contribution in [3.05, 3.63) is 70.3 Å². The summed E-state index contributed by atoms with van der Waals surface area (Å²) in [6.45, 7) is 1.90. The average Bonchev–Trinajstić information content (AvgIpc) is 2.84. The van der Waals surface area contributed by atoms with Crippen molar-refractivity contribution in [1.29, 1.82) is 0 Å². The van der Waals surface area contributed by atoms with Crippen LogP contribution < -0.4 is 10.6 Å². The van der Waals surface area contributed by atoms with Gasteiger partial charge in [0.15, 0.2) is 0 Å². The van der Waals surface area contributed by atoms with Crippen LogP contribution in [-0.4, -0.2) is 43.4 Å². The van der Waals surface area contributed by atoms with Gasteiger partial charge in [0.1, 0.15) is 0 Å². The molecule has 0 aliphatic carbocycles. The fraction of sp³-hybridized carbons (Fsp3) is 0.440. The maximum absolute atomic E-state index is 13.6. The van der Waals surface area contributed by atoms with E-state index in [9.17, 15) is 35.9 Å². The summed E-state index contributed by atoms with van der Waals surface area (Å²) in [6.07, 6.45) is -8.46. The van der Waals surface area contributed by atoms with E-state index < -0.39 is 52.8 Å². The van der Waals surface area contributed by atoms with E-state index in [0.717, 1.165) is 30.8 Å². The summed E-state index contributed by atoms with van der Waals surface area (Å²) >= 11 is 0. The number of amides is 2. The zero-order valence-electron chi connectivity index (χ0n) is 19.3. The van der Waals surface area contributed by atoms with Crippen molar-refractivity contribution in [2.75, 3.05) is 26.7 Å². The lowest BCUT2D eigenvalue weighted by Gasteiger charge is -2.40. The number of alkyl halides is 6. The van der Waals surface area contributed by atoms with Crippen molar-refractivity contribution in [3.8, 4) is 0 Å². The Hall–Kier alpha value is -3.08. The molecular weight excluding hydrogens is 488 g/mol. The van der Waals surface area contributed by atoms with Crippen LogP contribution in [0.5, 0.6) is 0 Å². The molecule has 5 nitrogen and oxygen atoms in total. The fourth-order valence-electron chi connectivity index (χ4n) is 4.96. The number of fused-ring (bicyclic) bond motifs is 1. The van der Waals surface area contributed by atoms with Crippen molar-refractivity contribution >= 4 is 11.8 Å². The number of likely N-dealkylation sites (N-methyl/N-ethyl adjacent to an activating group) is 1. The highest BCUT2D eigenvalue weighted by Crippen LogP contribution is 2.45. The zero-order valence-corrected chi connectivity index (χ0v) is 19.3. The summed E-state index contributed by atoms with van der Waals surface area (Å²) < 4.78 is 81.4. The van der Waals surface area contributed by atoms with Crippen molar-refractivity contribution < 1.29 is 35.9 Å². The first-order valence-electron chi connectivity index (χ1n) is 11.5. The summed E-state index contributed by atoms with van der Waals surface area (Å²) in [5.74, 6) is -2.16. The van der Waals surface area contributed by atoms with Crippen LogP contribution in [0.1, 0.15) is 57.4 Å². The minimum atomic E-state index is -5.06. The van der Waals surface area contributed by atoms with Crippen LogP contribution in [0.3, 0.4) is 0 Å². The molecule has 0 spiro atoms. The zero-order chi connectivity index (χ0) is 26.3. The van der Waals surface area contributed by atoms with E-state index in [2.05, 4.69) is 10.6 Å². The smallest absolute Gasteiger partial charge is 0.355 e. The minimum Gasteiger partial charge on any atom is -0.355 e. The number of nitrogens with one attached hydrogen (secondary N) is 2. The van der Waals surface area contributed by atoms with E-state index >= 15 is 0 Å². The molecule has 1 saturated heterocycles. The Morgan fingerprint density at radius 3 is 2.17 bits per heavy atom. The predicted octanol–water partition coefficient (Wildman–Crippen LogP) is 4.75. The molecule has 1 fully saturated rings. The van der Waals surface area contributed by atoms with Gasteiger partial charge in [0.25, 0.3) is 5.91 Å². The van der Waals surface area contributed by atoms with Crippen molar-refractivity contribution in [3.63, 3.8) is 0 Å². The number of hydrogen-bond acceptors (Lipinski definition) is 3. The third-order valence-electron chi connectivity index (χ3n) is 6.84. The number of halogens is 6. The molecule has 0 bridgehead atoms. The number of rotatable bonds is 4. The van der Waals surface area contributed by atoms with E-state index in [1.807, 2.05) is 0 Å².